The Morgan fingerprint density at radius 3 is 1.26 bits per heavy atom. The number of nitrogens with one attached hydrogen (secondary N) is 2. The molecular formula is C52H84N6O12. The number of fused-ring (bicyclic) bond motifs is 1. The lowest BCUT2D eigenvalue weighted by Crippen LogP contribution is -2.58. The van der Waals surface area contributed by atoms with Crippen LogP contribution in [0.3, 0.4) is 0 Å². The van der Waals surface area contributed by atoms with E-state index in [0.717, 1.165) is 23.8 Å². The van der Waals surface area contributed by atoms with Gasteiger partial charge in [0.1, 0.15) is 28.0 Å². The maximum atomic E-state index is 14.3. The van der Waals surface area contributed by atoms with Crippen molar-refractivity contribution in [1.82, 2.24) is 24.6 Å². The Bertz CT molecular complexity index is 2110. The highest BCUT2D eigenvalue weighted by atomic mass is 16.6. The highest BCUT2D eigenvalue weighted by molar-refractivity contribution is 5.95. The lowest BCUT2D eigenvalue weighted by Gasteiger charge is -2.45. The molecule has 1 aliphatic carbocycles. The number of rotatable bonds is 21. The van der Waals surface area contributed by atoms with Crippen molar-refractivity contribution in [2.24, 2.45) is 0 Å². The van der Waals surface area contributed by atoms with Crippen LogP contribution >= 0.6 is 0 Å². The predicted molar refractivity (Wildman–Crippen MR) is 269 cm³/mol. The molecule has 18 heteroatoms. The SMILES string of the molecule is Cc1cc(=O)[nH]c2cc(NC(=O)CN(CCN(CC(=O)OC(C)(C)C)CC(=O)OC(C)(C)C)[C@H]3CCCC[C@@H]3N(CCN(CC(=O)OC(C)(C)C)CC(=O)OC(C)(C)C)CC(=O)OC(C)(C)C)ccc12. The molecule has 1 amide bonds. The van der Waals surface area contributed by atoms with Crippen LogP contribution < -0.4 is 10.9 Å². The van der Waals surface area contributed by atoms with Crippen molar-refractivity contribution in [2.75, 3.05) is 70.8 Å². The van der Waals surface area contributed by atoms with Crippen LogP contribution in [0.25, 0.3) is 10.9 Å². The molecule has 0 spiro atoms. The second-order valence-electron chi connectivity index (χ2n) is 23.3. The van der Waals surface area contributed by atoms with Crippen LogP contribution in [0.4, 0.5) is 5.69 Å². The van der Waals surface area contributed by atoms with Gasteiger partial charge < -0.3 is 34.0 Å². The number of carbonyl (C=O) groups excluding carboxylic acids is 6. The highest BCUT2D eigenvalue weighted by Crippen LogP contribution is 2.29. The quantitative estimate of drug-likeness (QED) is 0.109. The van der Waals surface area contributed by atoms with Crippen molar-refractivity contribution in [3.8, 4) is 0 Å². The summed E-state index contributed by atoms with van der Waals surface area (Å²) >= 11 is 0. The molecule has 0 radical (unpaired) electrons. The van der Waals surface area contributed by atoms with Gasteiger partial charge in [-0.2, -0.15) is 0 Å². The third-order valence-corrected chi connectivity index (χ3v) is 10.6. The Kier molecular flexibility index (Phi) is 21.2. The Morgan fingerprint density at radius 1 is 0.529 bits per heavy atom. The second-order valence-corrected chi connectivity index (χ2v) is 23.3. The van der Waals surface area contributed by atoms with Crippen molar-refractivity contribution in [3.63, 3.8) is 0 Å². The molecule has 18 nitrogen and oxygen atoms in total. The van der Waals surface area contributed by atoms with Crippen LogP contribution in [-0.4, -0.2) is 166 Å². The molecule has 394 valence electrons. The Labute approximate surface area is 415 Å². The van der Waals surface area contributed by atoms with E-state index in [1.807, 2.05) is 22.8 Å². The van der Waals surface area contributed by atoms with Crippen LogP contribution in [0, 0.1) is 6.92 Å². The molecule has 1 aromatic carbocycles. The molecule has 0 unspecified atom stereocenters. The molecule has 2 N–H and O–H groups in total. The summed E-state index contributed by atoms with van der Waals surface area (Å²) in [5.74, 6) is -2.96. The molecule has 0 saturated heterocycles. The summed E-state index contributed by atoms with van der Waals surface area (Å²) in [7, 11) is 0. The average Bonchev–Trinajstić information content (AvgIpc) is 3.14. The third kappa shape index (κ3) is 23.3. The molecular weight excluding hydrogens is 901 g/mol. The molecule has 1 heterocycles. The van der Waals surface area contributed by atoms with Gasteiger partial charge in [-0.25, -0.2) is 0 Å². The number of ether oxygens (including phenoxy) is 5. The molecule has 3 rings (SSSR count). The topological polar surface area (TPSA) is 206 Å². The Hall–Kier alpha value is -4.91. The first-order valence-corrected chi connectivity index (χ1v) is 24.5. The van der Waals surface area contributed by atoms with Gasteiger partial charge in [-0.15, -0.1) is 0 Å². The molecule has 70 heavy (non-hydrogen) atoms. The average molecular weight is 985 g/mol. The number of hydrogen-bond acceptors (Lipinski definition) is 16. The maximum Gasteiger partial charge on any atom is 0.320 e. The summed E-state index contributed by atoms with van der Waals surface area (Å²) < 4.78 is 28.5. The fourth-order valence-corrected chi connectivity index (χ4v) is 8.30. The number of hydrogen-bond donors (Lipinski definition) is 2. The Morgan fingerprint density at radius 2 is 0.886 bits per heavy atom. The fraction of sp³-hybridized carbons (Fsp3) is 0.712. The fourth-order valence-electron chi connectivity index (χ4n) is 8.30. The molecule has 1 saturated carbocycles. The first-order chi connectivity index (χ1) is 32.0. The van der Waals surface area contributed by atoms with E-state index in [0.29, 0.717) is 24.0 Å². The first-order valence-electron chi connectivity index (χ1n) is 24.5. The zero-order valence-corrected chi connectivity index (χ0v) is 45.1. The molecule has 1 fully saturated rings. The van der Waals surface area contributed by atoms with Gasteiger partial charge in [-0.05, 0) is 141 Å². The Balaban J connectivity index is 2.11. The number of aromatic nitrogens is 1. The summed E-state index contributed by atoms with van der Waals surface area (Å²) in [4.78, 5) is 104. The minimum atomic E-state index is -0.793. The van der Waals surface area contributed by atoms with Crippen molar-refractivity contribution >= 4 is 52.3 Å². The summed E-state index contributed by atoms with van der Waals surface area (Å²) in [5.41, 5.74) is -2.34. The van der Waals surface area contributed by atoms with Crippen molar-refractivity contribution < 1.29 is 52.5 Å². The maximum absolute atomic E-state index is 14.3. The van der Waals surface area contributed by atoms with E-state index < -0.39 is 57.9 Å². The van der Waals surface area contributed by atoms with Crippen LogP contribution in [0.5, 0.6) is 0 Å². The number of benzene rings is 1. The van der Waals surface area contributed by atoms with Crippen LogP contribution in [-0.2, 0) is 52.5 Å². The molecule has 1 aromatic heterocycles. The number of nitrogens with zero attached hydrogens (tertiary/aromatic N) is 4. The predicted octanol–water partition coefficient (Wildman–Crippen LogP) is 6.00. The number of carbonyl (C=O) groups is 6. The van der Waals surface area contributed by atoms with E-state index in [1.165, 1.54) is 6.07 Å². The zero-order valence-electron chi connectivity index (χ0n) is 45.1. The van der Waals surface area contributed by atoms with E-state index in [1.54, 1.807) is 126 Å². The van der Waals surface area contributed by atoms with Gasteiger partial charge in [-0.3, -0.25) is 53.2 Å². The summed E-state index contributed by atoms with van der Waals surface area (Å²) in [6, 6.07) is 6.12. The molecule has 0 bridgehead atoms. The third-order valence-electron chi connectivity index (χ3n) is 10.6. The largest absolute Gasteiger partial charge is 0.459 e. The van der Waals surface area contributed by atoms with E-state index in [2.05, 4.69) is 10.3 Å². The van der Waals surface area contributed by atoms with Crippen LogP contribution in [0.15, 0.2) is 29.1 Å². The first kappa shape index (κ1) is 59.4. The smallest absolute Gasteiger partial charge is 0.320 e. The van der Waals surface area contributed by atoms with E-state index in [9.17, 15) is 33.6 Å². The molecule has 2 atom stereocenters. The van der Waals surface area contributed by atoms with Gasteiger partial charge >= 0.3 is 29.8 Å². The normalized spacial score (nSPS) is 16.1. The lowest BCUT2D eigenvalue weighted by molar-refractivity contribution is -0.162. The van der Waals surface area contributed by atoms with E-state index in [-0.39, 0.29) is 89.0 Å². The standard InChI is InChI=1S/C52H84N6O12/c1-35-27-41(59)54-38-28-36(21-22-37(35)38)53-42(60)29-57(25-23-55(30-43(61)66-48(2,3)4)31-44(62)67-49(5,6)7)39-19-17-18-20-40(39)58(34-47(65)70-52(14,15)16)26-24-56(32-45(63)68-50(8,9)10)33-46(64)69-51(11,12)13/h21-22,27-28,39-40H,17-20,23-26,29-34H2,1-16H3,(H,53,60)(H,54,59)/t39-,40-/m0/s1. The molecule has 1 aliphatic rings. The highest BCUT2D eigenvalue weighted by Gasteiger charge is 2.38. The number of amides is 1. The number of aromatic amines is 1. The number of anilines is 1. The minimum Gasteiger partial charge on any atom is -0.459 e. The number of aryl methyl sites for hydroxylation is 1. The van der Waals surface area contributed by atoms with Gasteiger partial charge in [0.25, 0.3) is 0 Å². The van der Waals surface area contributed by atoms with Gasteiger partial charge in [0.05, 0.1) is 44.8 Å². The summed E-state index contributed by atoms with van der Waals surface area (Å²) in [5, 5.41) is 3.84. The van der Waals surface area contributed by atoms with Gasteiger partial charge in [0.15, 0.2) is 0 Å². The van der Waals surface area contributed by atoms with Crippen molar-refractivity contribution in [3.05, 3.63) is 40.2 Å². The van der Waals surface area contributed by atoms with E-state index in [4.69, 9.17) is 23.7 Å². The van der Waals surface area contributed by atoms with Crippen LogP contribution in [0.2, 0.25) is 0 Å². The summed E-state index contributed by atoms with van der Waals surface area (Å²) in [6.45, 7) is 27.9. The van der Waals surface area contributed by atoms with Crippen molar-refractivity contribution in [1.29, 1.82) is 0 Å². The second kappa shape index (κ2) is 25.0. The monoisotopic (exact) mass is 985 g/mol. The zero-order chi connectivity index (χ0) is 53.0. The number of pyridine rings is 1. The van der Waals surface area contributed by atoms with Crippen LogP contribution in [0.1, 0.15) is 135 Å². The van der Waals surface area contributed by atoms with Gasteiger partial charge in [0, 0.05) is 55.4 Å². The number of H-pyrrole nitrogens is 1. The van der Waals surface area contributed by atoms with E-state index >= 15 is 0 Å². The van der Waals surface area contributed by atoms with Crippen molar-refractivity contribution in [2.45, 2.75) is 177 Å². The lowest BCUT2D eigenvalue weighted by atomic mass is 9.87. The summed E-state index contributed by atoms with van der Waals surface area (Å²) in [6.07, 6.45) is 2.86. The molecule has 0 aliphatic heterocycles. The minimum absolute atomic E-state index is 0.125. The number of esters is 5. The van der Waals surface area contributed by atoms with Gasteiger partial charge in [0.2, 0.25) is 11.5 Å². The van der Waals surface area contributed by atoms with Gasteiger partial charge in [-0.1, -0.05) is 18.9 Å². The molecule has 2 aromatic rings.